The minimum atomic E-state index is -3.60. The van der Waals surface area contributed by atoms with Crippen LogP contribution in [0.25, 0.3) is 0 Å². The van der Waals surface area contributed by atoms with Crippen LogP contribution < -0.4 is 10.1 Å². The van der Waals surface area contributed by atoms with Gasteiger partial charge in [0, 0.05) is 25.3 Å². The highest BCUT2D eigenvalue weighted by molar-refractivity contribution is 7.89. The van der Waals surface area contributed by atoms with Gasteiger partial charge in [-0.3, -0.25) is 4.98 Å². The number of aliphatic hydroxyl groups is 1. The molecule has 11 heteroatoms. The second-order valence-corrected chi connectivity index (χ2v) is 10.7. The highest BCUT2D eigenvalue weighted by Crippen LogP contribution is 2.33. The van der Waals surface area contributed by atoms with Crippen molar-refractivity contribution in [2.75, 3.05) is 18.4 Å². The second-order valence-electron chi connectivity index (χ2n) is 8.79. The first kappa shape index (κ1) is 23.4. The number of hydrogen-bond acceptors (Lipinski definition) is 9. The number of nitrogens with zero attached hydrogens (tertiary/aromatic N) is 5. The molecule has 2 aromatic heterocycles. The normalized spacial score (nSPS) is 24.4. The molecule has 2 fully saturated rings. The van der Waals surface area contributed by atoms with E-state index in [0.717, 1.165) is 6.42 Å². The molecule has 4 rings (SSSR count). The van der Waals surface area contributed by atoms with Gasteiger partial charge in [0.15, 0.2) is 0 Å². The van der Waals surface area contributed by atoms with Gasteiger partial charge in [0.1, 0.15) is 22.6 Å². The van der Waals surface area contributed by atoms with E-state index in [0.29, 0.717) is 50.4 Å². The number of anilines is 1. The van der Waals surface area contributed by atoms with Crippen molar-refractivity contribution in [2.45, 2.75) is 68.6 Å². The molecule has 33 heavy (non-hydrogen) atoms. The number of nitrogens with one attached hydrogen (secondary N) is 1. The lowest BCUT2D eigenvalue weighted by Gasteiger charge is -2.32. The highest BCUT2D eigenvalue weighted by Gasteiger charge is 2.39. The predicted molar refractivity (Wildman–Crippen MR) is 120 cm³/mol. The zero-order valence-corrected chi connectivity index (χ0v) is 19.5. The summed E-state index contributed by atoms with van der Waals surface area (Å²) in [6, 6.07) is 5.21. The predicted octanol–water partition coefficient (Wildman–Crippen LogP) is 2.00. The minimum Gasteiger partial charge on any atom is -0.470 e. The Hall–Kier alpha value is -2.81. The van der Waals surface area contributed by atoms with Crippen molar-refractivity contribution < 1.29 is 18.3 Å². The average molecular weight is 473 g/mol. The molecule has 2 N–H and O–H groups in total. The third kappa shape index (κ3) is 4.93. The van der Waals surface area contributed by atoms with Crippen molar-refractivity contribution in [1.29, 1.82) is 5.26 Å². The molecular formula is C22H28N6O4S. The van der Waals surface area contributed by atoms with Gasteiger partial charge in [0.2, 0.25) is 21.9 Å². The number of hydrogen-bond donors (Lipinski definition) is 2. The van der Waals surface area contributed by atoms with Crippen molar-refractivity contribution in [3.63, 3.8) is 0 Å². The lowest BCUT2D eigenvalue weighted by molar-refractivity contribution is -0.0271. The Bertz CT molecular complexity index is 1160. The lowest BCUT2D eigenvalue weighted by atomic mass is 10.0. The van der Waals surface area contributed by atoms with Crippen molar-refractivity contribution in [3.8, 4) is 11.9 Å². The molecule has 1 saturated heterocycles. The number of pyridine rings is 1. The van der Waals surface area contributed by atoms with Gasteiger partial charge in [-0.1, -0.05) is 0 Å². The molecule has 0 amide bonds. The summed E-state index contributed by atoms with van der Waals surface area (Å²) >= 11 is 0. The third-order valence-corrected chi connectivity index (χ3v) is 8.37. The molecule has 1 aliphatic heterocycles. The number of aromatic nitrogens is 3. The Morgan fingerprint density at radius 3 is 2.70 bits per heavy atom. The first-order valence-corrected chi connectivity index (χ1v) is 12.5. The number of aryl methyl sites for hydroxylation is 1. The molecular weight excluding hydrogens is 444 g/mol. The standard InChI is InChI=1S/C22H28N6O4S/c1-15-18(5-4-10-24-15)33(30,31)28-11-7-17(8-12-28)26-21-25-14-16(13-23)20(27-21)32-19-6-3-9-22(19,2)29/h4-5,10,14,17,19,29H,3,6-9,11-12H2,1-2H3,(H,25,26,27)/t19-,22+/m1/s1. The first-order chi connectivity index (χ1) is 15.7. The highest BCUT2D eigenvalue weighted by atomic mass is 32.2. The van der Waals surface area contributed by atoms with Crippen molar-refractivity contribution in [3.05, 3.63) is 35.8 Å². The van der Waals surface area contributed by atoms with Gasteiger partial charge in [-0.05, 0) is 58.1 Å². The van der Waals surface area contributed by atoms with E-state index < -0.39 is 21.7 Å². The molecule has 0 radical (unpaired) electrons. The van der Waals surface area contributed by atoms with E-state index in [1.807, 2.05) is 6.07 Å². The van der Waals surface area contributed by atoms with Crippen LogP contribution in [0.2, 0.25) is 0 Å². The van der Waals surface area contributed by atoms with Gasteiger partial charge < -0.3 is 15.2 Å². The van der Waals surface area contributed by atoms with Gasteiger partial charge in [-0.2, -0.15) is 14.6 Å². The molecule has 0 unspecified atom stereocenters. The monoisotopic (exact) mass is 472 g/mol. The molecule has 0 aromatic carbocycles. The van der Waals surface area contributed by atoms with Crippen LogP contribution >= 0.6 is 0 Å². The van der Waals surface area contributed by atoms with E-state index in [9.17, 15) is 18.8 Å². The van der Waals surface area contributed by atoms with Crippen LogP contribution in [0.1, 0.15) is 50.3 Å². The van der Waals surface area contributed by atoms with Crippen LogP contribution in [0.4, 0.5) is 5.95 Å². The van der Waals surface area contributed by atoms with E-state index in [4.69, 9.17) is 4.74 Å². The topological polar surface area (TPSA) is 141 Å². The Morgan fingerprint density at radius 2 is 2.06 bits per heavy atom. The van der Waals surface area contributed by atoms with E-state index >= 15 is 0 Å². The lowest BCUT2D eigenvalue weighted by Crippen LogP contribution is -2.42. The second kappa shape index (κ2) is 9.21. The summed E-state index contributed by atoms with van der Waals surface area (Å²) in [5.41, 5.74) is -0.274. The van der Waals surface area contributed by atoms with Gasteiger partial charge in [0.25, 0.3) is 0 Å². The van der Waals surface area contributed by atoms with Crippen LogP contribution in [-0.4, -0.2) is 63.6 Å². The molecule has 2 atom stereocenters. The van der Waals surface area contributed by atoms with E-state index in [1.165, 1.54) is 10.5 Å². The summed E-state index contributed by atoms with van der Waals surface area (Å²) in [7, 11) is -3.60. The van der Waals surface area contributed by atoms with Crippen LogP contribution in [0, 0.1) is 18.3 Å². The van der Waals surface area contributed by atoms with Gasteiger partial charge in [-0.25, -0.2) is 13.4 Å². The largest absolute Gasteiger partial charge is 0.470 e. The molecule has 2 aliphatic rings. The fraction of sp³-hybridized carbons (Fsp3) is 0.545. The Morgan fingerprint density at radius 1 is 1.30 bits per heavy atom. The Balaban J connectivity index is 1.41. The third-order valence-electron chi connectivity index (χ3n) is 6.33. The number of piperidine rings is 1. The van der Waals surface area contributed by atoms with Gasteiger partial charge in [0.05, 0.1) is 17.5 Å². The Kier molecular flexibility index (Phi) is 6.52. The summed E-state index contributed by atoms with van der Waals surface area (Å²) < 4.78 is 33.3. The van der Waals surface area contributed by atoms with Crippen molar-refractivity contribution in [1.82, 2.24) is 19.3 Å². The molecule has 3 heterocycles. The average Bonchev–Trinajstić information content (AvgIpc) is 3.12. The van der Waals surface area contributed by atoms with Crippen molar-refractivity contribution >= 4 is 16.0 Å². The maximum Gasteiger partial charge on any atom is 0.244 e. The van der Waals surface area contributed by atoms with Gasteiger partial charge in [-0.15, -0.1) is 0 Å². The molecule has 1 saturated carbocycles. The smallest absolute Gasteiger partial charge is 0.244 e. The minimum absolute atomic E-state index is 0.0261. The maximum absolute atomic E-state index is 13.0. The van der Waals surface area contributed by atoms with E-state index in [1.54, 1.807) is 32.2 Å². The van der Waals surface area contributed by atoms with Crippen LogP contribution in [0.5, 0.6) is 5.88 Å². The summed E-state index contributed by atoms with van der Waals surface area (Å²) in [6.07, 6.45) is 5.87. The molecule has 0 bridgehead atoms. The molecule has 0 spiro atoms. The maximum atomic E-state index is 13.0. The molecule has 2 aromatic rings. The SMILES string of the molecule is Cc1ncccc1S(=O)(=O)N1CCC(Nc2ncc(C#N)c(O[C@@H]3CCC[C@]3(C)O)n2)CC1. The number of nitriles is 1. The summed E-state index contributed by atoms with van der Waals surface area (Å²) in [5, 5.41) is 23.1. The summed E-state index contributed by atoms with van der Waals surface area (Å²) in [5.74, 6) is 0.459. The fourth-order valence-electron chi connectivity index (χ4n) is 4.34. The van der Waals surface area contributed by atoms with Crippen LogP contribution in [0.3, 0.4) is 0 Å². The number of ether oxygens (including phenoxy) is 1. The first-order valence-electron chi connectivity index (χ1n) is 11.1. The van der Waals surface area contributed by atoms with E-state index in [2.05, 4.69) is 20.3 Å². The summed E-state index contributed by atoms with van der Waals surface area (Å²) in [6.45, 7) is 4.14. The summed E-state index contributed by atoms with van der Waals surface area (Å²) in [4.78, 5) is 12.9. The Labute approximate surface area is 193 Å². The zero-order valence-electron chi connectivity index (χ0n) is 18.7. The molecule has 176 valence electrons. The quantitative estimate of drug-likeness (QED) is 0.645. The zero-order chi connectivity index (χ0) is 23.6. The van der Waals surface area contributed by atoms with Crippen LogP contribution in [-0.2, 0) is 10.0 Å². The van der Waals surface area contributed by atoms with E-state index in [-0.39, 0.29) is 22.4 Å². The van der Waals surface area contributed by atoms with Gasteiger partial charge >= 0.3 is 0 Å². The number of sulfonamides is 1. The molecule has 10 nitrogen and oxygen atoms in total. The van der Waals surface area contributed by atoms with Crippen molar-refractivity contribution in [2.24, 2.45) is 0 Å². The number of rotatable bonds is 6. The fourth-order valence-corrected chi connectivity index (χ4v) is 5.99. The van der Waals surface area contributed by atoms with Crippen LogP contribution in [0.15, 0.2) is 29.4 Å². The molecule has 1 aliphatic carbocycles.